The number of aryl methyl sites for hydroxylation is 1. The standard InChI is InChI=1S/C37H39ClN2O4S/c1-43-37(42)40-36(35(27-11-4-2-5-12-27)28-13-6-3-7-14-28)34(41)22-29-15-9-8-10-26(29)16-19-31-23-39-24-32(44-31)25-45-33-20-17-30(38)18-21-33/h2-15,17-18,20-21,31-32,35-36,39H,16,19,22-25H2,1H3,(H,40,42)/t31?,32-,36+/m0/s1. The highest BCUT2D eigenvalue weighted by Gasteiger charge is 2.33. The van der Waals surface area contributed by atoms with Gasteiger partial charge in [0.1, 0.15) is 6.04 Å². The molecule has 0 aromatic heterocycles. The van der Waals surface area contributed by atoms with Crippen LogP contribution in [-0.4, -0.2) is 56.1 Å². The van der Waals surface area contributed by atoms with E-state index in [1.165, 1.54) is 12.0 Å². The maximum absolute atomic E-state index is 14.1. The number of thioether (sulfide) groups is 1. The fraction of sp³-hybridized carbons (Fsp3) is 0.297. The van der Waals surface area contributed by atoms with Gasteiger partial charge in [-0.15, -0.1) is 11.8 Å². The quantitative estimate of drug-likeness (QED) is 0.152. The smallest absolute Gasteiger partial charge is 0.407 e. The second-order valence-corrected chi connectivity index (χ2v) is 12.7. The van der Waals surface area contributed by atoms with E-state index in [0.29, 0.717) is 0 Å². The van der Waals surface area contributed by atoms with E-state index in [1.807, 2.05) is 103 Å². The number of ether oxygens (including phenoxy) is 2. The minimum atomic E-state index is -0.819. The second-order valence-electron chi connectivity index (χ2n) is 11.2. The van der Waals surface area contributed by atoms with E-state index in [-0.39, 0.29) is 30.3 Å². The maximum Gasteiger partial charge on any atom is 0.407 e. The van der Waals surface area contributed by atoms with Gasteiger partial charge >= 0.3 is 6.09 Å². The van der Waals surface area contributed by atoms with Gasteiger partial charge in [0.15, 0.2) is 5.78 Å². The summed E-state index contributed by atoms with van der Waals surface area (Å²) in [5.74, 6) is 0.394. The minimum absolute atomic E-state index is 0.0765. The molecule has 3 atom stereocenters. The summed E-state index contributed by atoms with van der Waals surface area (Å²) in [6, 6.07) is 34.8. The Hall–Kier alpha value is -3.62. The molecule has 0 bridgehead atoms. The number of alkyl carbamates (subject to hydrolysis) is 1. The Labute approximate surface area is 274 Å². The van der Waals surface area contributed by atoms with Gasteiger partial charge in [-0.2, -0.15) is 0 Å². The summed E-state index contributed by atoms with van der Waals surface area (Å²) in [6.45, 7) is 1.62. The molecular formula is C37H39ClN2O4S. The molecule has 4 aromatic carbocycles. The normalized spacial score (nSPS) is 17.0. The first-order valence-corrected chi connectivity index (χ1v) is 16.6. The number of benzene rings is 4. The van der Waals surface area contributed by atoms with E-state index < -0.39 is 12.1 Å². The molecule has 1 amide bonds. The van der Waals surface area contributed by atoms with Crippen molar-refractivity contribution < 1.29 is 19.1 Å². The van der Waals surface area contributed by atoms with Crippen LogP contribution in [0.3, 0.4) is 0 Å². The van der Waals surface area contributed by atoms with Crippen molar-refractivity contribution in [2.75, 3.05) is 26.0 Å². The topological polar surface area (TPSA) is 76.7 Å². The third-order valence-corrected chi connectivity index (χ3v) is 9.45. The number of hydrogen-bond acceptors (Lipinski definition) is 6. The lowest BCUT2D eigenvalue weighted by Gasteiger charge is -2.31. The number of ketones is 1. The molecule has 8 heteroatoms. The zero-order chi connectivity index (χ0) is 31.4. The average molecular weight is 643 g/mol. The third kappa shape index (κ3) is 9.44. The summed E-state index contributed by atoms with van der Waals surface area (Å²) in [4.78, 5) is 27.9. The molecule has 0 spiro atoms. The van der Waals surface area contributed by atoms with E-state index in [2.05, 4.69) is 16.7 Å². The molecule has 1 aliphatic rings. The van der Waals surface area contributed by atoms with E-state index in [9.17, 15) is 9.59 Å². The summed E-state index contributed by atoms with van der Waals surface area (Å²) in [5.41, 5.74) is 3.95. The number of rotatable bonds is 13. The van der Waals surface area contributed by atoms with E-state index in [1.54, 1.807) is 11.8 Å². The number of carbonyl (C=O) groups excluding carboxylic acids is 2. The first-order valence-electron chi connectivity index (χ1n) is 15.3. The Morgan fingerprint density at radius 3 is 2.11 bits per heavy atom. The van der Waals surface area contributed by atoms with Crippen molar-refractivity contribution in [2.45, 2.75) is 48.3 Å². The summed E-state index contributed by atoms with van der Waals surface area (Å²) in [6.07, 6.45) is 1.35. The fourth-order valence-corrected chi connectivity index (χ4v) is 6.81. The van der Waals surface area contributed by atoms with Gasteiger partial charge in [-0.05, 0) is 59.4 Å². The highest BCUT2D eigenvalue weighted by atomic mass is 35.5. The Kier molecular flexibility index (Phi) is 12.1. The van der Waals surface area contributed by atoms with Crippen LogP contribution >= 0.6 is 23.4 Å². The number of carbonyl (C=O) groups is 2. The Balaban J connectivity index is 1.27. The molecule has 1 saturated heterocycles. The zero-order valence-electron chi connectivity index (χ0n) is 25.4. The first kappa shape index (κ1) is 32.8. The SMILES string of the molecule is COC(=O)N[C@H](C(=O)Cc1ccccc1CCC1CNC[C@@H](CSc2ccc(Cl)cc2)O1)C(c1ccccc1)c1ccccc1. The van der Waals surface area contributed by atoms with Gasteiger partial charge in [0.2, 0.25) is 0 Å². The summed E-state index contributed by atoms with van der Waals surface area (Å²) >= 11 is 7.79. The summed E-state index contributed by atoms with van der Waals surface area (Å²) in [7, 11) is 1.31. The van der Waals surface area contributed by atoms with Gasteiger partial charge in [0.05, 0.1) is 19.3 Å². The van der Waals surface area contributed by atoms with Crippen LogP contribution in [0.15, 0.2) is 114 Å². The molecule has 1 fully saturated rings. The summed E-state index contributed by atoms with van der Waals surface area (Å²) in [5, 5.41) is 7.14. The number of halogens is 1. The number of hydrogen-bond donors (Lipinski definition) is 2. The average Bonchev–Trinajstić information content (AvgIpc) is 3.08. The molecule has 0 saturated carbocycles. The molecule has 1 unspecified atom stereocenters. The molecule has 1 heterocycles. The molecule has 5 rings (SSSR count). The number of methoxy groups -OCH3 is 1. The van der Waals surface area contributed by atoms with Gasteiger partial charge in [-0.3, -0.25) is 4.79 Å². The third-order valence-electron chi connectivity index (χ3n) is 8.05. The lowest BCUT2D eigenvalue weighted by atomic mass is 9.81. The van der Waals surface area contributed by atoms with Crippen molar-refractivity contribution in [2.24, 2.45) is 0 Å². The molecule has 4 aromatic rings. The number of nitrogens with one attached hydrogen (secondary N) is 2. The van der Waals surface area contributed by atoms with Crippen LogP contribution in [0, 0.1) is 0 Å². The van der Waals surface area contributed by atoms with Crippen LogP contribution < -0.4 is 10.6 Å². The minimum Gasteiger partial charge on any atom is -0.453 e. The monoisotopic (exact) mass is 642 g/mol. The molecule has 0 aliphatic carbocycles. The van der Waals surface area contributed by atoms with Crippen molar-refractivity contribution in [1.29, 1.82) is 0 Å². The van der Waals surface area contributed by atoms with E-state index in [0.717, 1.165) is 59.0 Å². The molecule has 2 N–H and O–H groups in total. The highest BCUT2D eigenvalue weighted by molar-refractivity contribution is 7.99. The van der Waals surface area contributed by atoms with Crippen LogP contribution in [0.5, 0.6) is 0 Å². The van der Waals surface area contributed by atoms with Gasteiger partial charge in [-0.1, -0.05) is 96.5 Å². The highest BCUT2D eigenvalue weighted by Crippen LogP contribution is 2.30. The predicted molar refractivity (Wildman–Crippen MR) is 181 cm³/mol. The number of amides is 1. The van der Waals surface area contributed by atoms with Crippen molar-refractivity contribution in [3.63, 3.8) is 0 Å². The lowest BCUT2D eigenvalue weighted by Crippen LogP contribution is -2.46. The van der Waals surface area contributed by atoms with Gasteiger partial charge in [0, 0.05) is 41.1 Å². The van der Waals surface area contributed by atoms with E-state index in [4.69, 9.17) is 21.1 Å². The lowest BCUT2D eigenvalue weighted by molar-refractivity contribution is -0.120. The van der Waals surface area contributed by atoms with Gasteiger partial charge < -0.3 is 20.1 Å². The van der Waals surface area contributed by atoms with Crippen LogP contribution in [-0.2, 0) is 27.1 Å². The first-order chi connectivity index (χ1) is 22.0. The second kappa shape index (κ2) is 16.6. The van der Waals surface area contributed by atoms with E-state index >= 15 is 0 Å². The van der Waals surface area contributed by atoms with Crippen molar-refractivity contribution in [3.05, 3.63) is 136 Å². The van der Waals surface area contributed by atoms with Gasteiger partial charge in [0.25, 0.3) is 0 Å². The van der Waals surface area contributed by atoms with Crippen LogP contribution in [0.2, 0.25) is 5.02 Å². The van der Waals surface area contributed by atoms with Crippen LogP contribution in [0.1, 0.15) is 34.6 Å². The number of morpholine rings is 1. The Morgan fingerprint density at radius 1 is 0.867 bits per heavy atom. The Morgan fingerprint density at radius 2 is 1.47 bits per heavy atom. The molecular weight excluding hydrogens is 604 g/mol. The van der Waals surface area contributed by atoms with Crippen molar-refractivity contribution >= 4 is 35.2 Å². The maximum atomic E-state index is 14.1. The molecule has 45 heavy (non-hydrogen) atoms. The van der Waals surface area contributed by atoms with Crippen molar-refractivity contribution in [1.82, 2.24) is 10.6 Å². The molecule has 6 nitrogen and oxygen atoms in total. The largest absolute Gasteiger partial charge is 0.453 e. The molecule has 1 aliphatic heterocycles. The summed E-state index contributed by atoms with van der Waals surface area (Å²) < 4.78 is 11.4. The predicted octanol–water partition coefficient (Wildman–Crippen LogP) is 7.09. The van der Waals surface area contributed by atoms with Crippen LogP contribution in [0.4, 0.5) is 4.79 Å². The molecule has 0 radical (unpaired) electrons. The van der Waals surface area contributed by atoms with Gasteiger partial charge in [-0.25, -0.2) is 4.79 Å². The van der Waals surface area contributed by atoms with Crippen molar-refractivity contribution in [3.8, 4) is 0 Å². The fourth-order valence-electron chi connectivity index (χ4n) is 5.78. The Bertz CT molecular complexity index is 1480. The molecule has 234 valence electrons. The number of Topliss-reactive ketones (excluding diaryl/α,β-unsaturated/α-hetero) is 1. The zero-order valence-corrected chi connectivity index (χ0v) is 26.9. The van der Waals surface area contributed by atoms with Crippen LogP contribution in [0.25, 0.3) is 0 Å².